The molecule has 3 aromatic rings. The summed E-state index contributed by atoms with van der Waals surface area (Å²) in [5, 5.41) is 3.53. The van der Waals surface area contributed by atoms with Crippen LogP contribution in [0.25, 0.3) is 11.5 Å². The van der Waals surface area contributed by atoms with Crippen molar-refractivity contribution >= 4 is 15.5 Å². The van der Waals surface area contributed by atoms with Crippen molar-refractivity contribution in [3.63, 3.8) is 0 Å². The lowest BCUT2D eigenvalue weighted by atomic mass is 10.2. The van der Waals surface area contributed by atoms with Crippen LogP contribution in [0.1, 0.15) is 31.2 Å². The molecule has 0 radical (unpaired) electrons. The second-order valence-electron chi connectivity index (χ2n) is 7.79. The minimum absolute atomic E-state index is 0.211. The third kappa shape index (κ3) is 4.09. The zero-order valence-electron chi connectivity index (χ0n) is 17.4. The molecular weight excluding hydrogens is 497 g/mol. The molecule has 7 nitrogen and oxygen atoms in total. The Labute approximate surface area is 188 Å². The molecular formula is C19H17F7N4O3S. The number of hydrogen-bond acceptors (Lipinski definition) is 5. The van der Waals surface area contributed by atoms with Gasteiger partial charge in [-0.2, -0.15) is 35.8 Å². The summed E-state index contributed by atoms with van der Waals surface area (Å²) >= 11 is 0. The van der Waals surface area contributed by atoms with Gasteiger partial charge in [-0.25, -0.2) is 18.1 Å². The second-order valence-corrected chi connectivity index (χ2v) is 9.99. The Hall–Kier alpha value is -2.84. The van der Waals surface area contributed by atoms with Gasteiger partial charge in [-0.05, 0) is 30.4 Å². The van der Waals surface area contributed by atoms with Gasteiger partial charge < -0.3 is 4.74 Å². The number of nitrogens with zero attached hydrogens (tertiary/aromatic N) is 4. The smallest absolute Gasteiger partial charge is 0.460 e. The third-order valence-electron chi connectivity index (χ3n) is 5.32. The molecule has 0 aromatic carbocycles. The molecule has 34 heavy (non-hydrogen) atoms. The Bertz CT molecular complexity index is 1330. The molecule has 0 amide bonds. The molecule has 1 saturated carbocycles. The second kappa shape index (κ2) is 7.85. The zero-order valence-corrected chi connectivity index (χ0v) is 18.2. The maximum atomic E-state index is 13.5. The Morgan fingerprint density at radius 1 is 1.09 bits per heavy atom. The van der Waals surface area contributed by atoms with E-state index >= 15 is 0 Å². The first-order chi connectivity index (χ1) is 15.7. The number of ether oxygens (including phenoxy) is 1. The van der Waals surface area contributed by atoms with Gasteiger partial charge in [-0.1, -0.05) is 13.0 Å². The Kier molecular flexibility index (Phi) is 5.61. The number of alkyl halides is 7. The first-order valence-electron chi connectivity index (χ1n) is 9.93. The van der Waals surface area contributed by atoms with E-state index in [0.717, 1.165) is 35.5 Å². The predicted octanol–water partition coefficient (Wildman–Crippen LogP) is 4.40. The standard InChI is InChI=1S/C19H17F7N4O3S/c1-2-34(31,32)16-15(28-14-6-5-12(8-29(14)16)11-3-4-11)30-9-13(7-27-30)33-10-17(20,21)18(22,23)19(24,25)26/h5-9,11H,2-4,10H2,1H3. The lowest BCUT2D eigenvalue weighted by molar-refractivity contribution is -0.358. The first-order valence-corrected chi connectivity index (χ1v) is 11.6. The minimum Gasteiger partial charge on any atom is -0.484 e. The molecule has 0 bridgehead atoms. The number of fused-ring (bicyclic) bond motifs is 1. The van der Waals surface area contributed by atoms with Gasteiger partial charge in [0, 0.05) is 6.20 Å². The van der Waals surface area contributed by atoms with Crippen LogP contribution in [0.4, 0.5) is 30.7 Å². The number of halogens is 7. The molecule has 3 heterocycles. The van der Waals surface area contributed by atoms with Gasteiger partial charge in [0.05, 0.1) is 18.1 Å². The maximum Gasteiger partial charge on any atom is 0.460 e. The van der Waals surface area contributed by atoms with Crippen LogP contribution < -0.4 is 4.74 Å². The van der Waals surface area contributed by atoms with Crippen molar-refractivity contribution in [3.05, 3.63) is 36.3 Å². The normalized spacial score (nSPS) is 15.8. The van der Waals surface area contributed by atoms with Crippen molar-refractivity contribution < 1.29 is 43.9 Å². The molecule has 0 spiro atoms. The van der Waals surface area contributed by atoms with E-state index in [9.17, 15) is 39.2 Å². The molecule has 1 aliphatic rings. The summed E-state index contributed by atoms with van der Waals surface area (Å²) in [4.78, 5) is 4.22. The highest BCUT2D eigenvalue weighted by Gasteiger charge is 2.73. The molecule has 0 atom stereocenters. The summed E-state index contributed by atoms with van der Waals surface area (Å²) in [6.45, 7) is -0.884. The van der Waals surface area contributed by atoms with E-state index in [-0.39, 0.29) is 22.2 Å². The van der Waals surface area contributed by atoms with Gasteiger partial charge in [0.1, 0.15) is 5.65 Å². The molecule has 0 aliphatic heterocycles. The first kappa shape index (κ1) is 24.3. The van der Waals surface area contributed by atoms with Crippen molar-refractivity contribution in [3.8, 4) is 11.6 Å². The average molecular weight is 514 g/mol. The van der Waals surface area contributed by atoms with Crippen LogP contribution in [-0.4, -0.2) is 58.0 Å². The molecule has 3 aromatic heterocycles. The van der Waals surface area contributed by atoms with E-state index in [1.54, 1.807) is 18.3 Å². The average Bonchev–Trinajstić information content (AvgIpc) is 3.36. The van der Waals surface area contributed by atoms with E-state index < -0.39 is 40.2 Å². The fourth-order valence-corrected chi connectivity index (χ4v) is 4.37. The monoisotopic (exact) mass is 514 g/mol. The van der Waals surface area contributed by atoms with Gasteiger partial charge >= 0.3 is 18.0 Å². The zero-order chi connectivity index (χ0) is 25.1. The van der Waals surface area contributed by atoms with Crippen molar-refractivity contribution in [2.75, 3.05) is 12.4 Å². The molecule has 1 fully saturated rings. The van der Waals surface area contributed by atoms with Crippen molar-refractivity contribution in [2.45, 2.75) is 48.7 Å². The van der Waals surface area contributed by atoms with E-state index in [1.807, 2.05) is 0 Å². The highest BCUT2D eigenvalue weighted by Crippen LogP contribution is 2.46. The van der Waals surface area contributed by atoms with Crippen LogP contribution in [0.5, 0.6) is 5.75 Å². The summed E-state index contributed by atoms with van der Waals surface area (Å²) < 4.78 is 122. The number of rotatable bonds is 8. The van der Waals surface area contributed by atoms with Crippen LogP contribution in [-0.2, 0) is 9.84 Å². The molecule has 15 heteroatoms. The molecule has 186 valence electrons. The molecule has 1 aliphatic carbocycles. The highest BCUT2D eigenvalue weighted by atomic mass is 32.2. The summed E-state index contributed by atoms with van der Waals surface area (Å²) in [6.07, 6.45) is -1.30. The van der Waals surface area contributed by atoms with Gasteiger partial charge in [0.25, 0.3) is 0 Å². The molecule has 4 rings (SSSR count). The Morgan fingerprint density at radius 3 is 2.35 bits per heavy atom. The summed E-state index contributed by atoms with van der Waals surface area (Å²) in [6, 6.07) is 3.40. The van der Waals surface area contributed by atoms with Crippen LogP contribution in [0, 0.1) is 0 Å². The topological polar surface area (TPSA) is 78.5 Å². The van der Waals surface area contributed by atoms with Crippen LogP contribution >= 0.6 is 0 Å². The molecule has 0 unspecified atom stereocenters. The molecule has 0 N–H and O–H groups in total. The number of sulfone groups is 1. The summed E-state index contributed by atoms with van der Waals surface area (Å²) in [5.74, 6) is -12.7. The largest absolute Gasteiger partial charge is 0.484 e. The van der Waals surface area contributed by atoms with Crippen LogP contribution in [0.2, 0.25) is 0 Å². The number of hydrogen-bond donors (Lipinski definition) is 0. The van der Waals surface area contributed by atoms with Crippen molar-refractivity contribution in [2.24, 2.45) is 0 Å². The predicted molar refractivity (Wildman–Crippen MR) is 103 cm³/mol. The third-order valence-corrected chi connectivity index (χ3v) is 7.04. The highest BCUT2D eigenvalue weighted by molar-refractivity contribution is 7.91. The Balaban J connectivity index is 1.68. The van der Waals surface area contributed by atoms with E-state index in [2.05, 4.69) is 14.8 Å². The maximum absolute atomic E-state index is 13.5. The van der Waals surface area contributed by atoms with E-state index in [0.29, 0.717) is 5.92 Å². The fourth-order valence-electron chi connectivity index (χ4n) is 3.23. The quantitative estimate of drug-likeness (QED) is 0.417. The lowest BCUT2D eigenvalue weighted by Crippen LogP contribution is -2.54. The van der Waals surface area contributed by atoms with Crippen LogP contribution in [0.3, 0.4) is 0 Å². The van der Waals surface area contributed by atoms with Gasteiger partial charge in [-0.15, -0.1) is 0 Å². The fraction of sp³-hybridized carbons (Fsp3) is 0.474. The summed E-state index contributed by atoms with van der Waals surface area (Å²) in [5.41, 5.74) is 1.15. The van der Waals surface area contributed by atoms with Gasteiger partial charge in [0.2, 0.25) is 0 Å². The summed E-state index contributed by atoms with van der Waals surface area (Å²) in [7, 11) is -3.89. The number of aromatic nitrogens is 4. The van der Waals surface area contributed by atoms with Gasteiger partial charge in [-0.3, -0.25) is 4.40 Å². The van der Waals surface area contributed by atoms with Crippen LogP contribution in [0.15, 0.2) is 35.7 Å². The van der Waals surface area contributed by atoms with Crippen molar-refractivity contribution in [1.29, 1.82) is 0 Å². The van der Waals surface area contributed by atoms with Gasteiger partial charge in [0.15, 0.2) is 33.0 Å². The van der Waals surface area contributed by atoms with E-state index in [1.165, 1.54) is 11.3 Å². The number of imidazole rings is 1. The van der Waals surface area contributed by atoms with E-state index in [4.69, 9.17) is 0 Å². The van der Waals surface area contributed by atoms with Crippen molar-refractivity contribution in [1.82, 2.24) is 19.2 Å². The SMILES string of the molecule is CCS(=O)(=O)c1c(-n2cc(OCC(F)(F)C(F)(F)C(F)(F)F)cn2)nc2ccc(C3CC3)cn12. The number of pyridine rings is 1. The minimum atomic E-state index is -6.48. The lowest BCUT2D eigenvalue weighted by Gasteiger charge is -2.27. The molecule has 0 saturated heterocycles. The Morgan fingerprint density at radius 2 is 1.76 bits per heavy atom.